The lowest BCUT2D eigenvalue weighted by molar-refractivity contribution is -0.917. The number of carbonyl (C=O) groups is 1. The second-order valence-electron chi connectivity index (χ2n) is 6.60. The van der Waals surface area contributed by atoms with Crippen LogP contribution in [0.2, 0.25) is 0 Å². The number of nitrogens with zero attached hydrogens (tertiary/aromatic N) is 3. The standard InChI is InChI=1S/C19H18N4O3S/c24-19(14-5-7-15(8-6-14)23(25)26)22-11-9-21(10-12-22)13-18-20-16-3-1-2-4-17(16)27-18/h1-8H,9-13H2/p+1. The molecule has 8 heteroatoms. The zero-order chi connectivity index (χ0) is 18.8. The number of quaternary nitrogens is 1. The number of hydrogen-bond acceptors (Lipinski definition) is 5. The van der Waals surface area contributed by atoms with E-state index in [0.29, 0.717) is 18.7 Å². The Morgan fingerprint density at radius 3 is 2.52 bits per heavy atom. The summed E-state index contributed by atoms with van der Waals surface area (Å²) in [6.07, 6.45) is 0. The summed E-state index contributed by atoms with van der Waals surface area (Å²) in [5.41, 5.74) is 1.54. The van der Waals surface area contributed by atoms with Crippen LogP contribution in [0.25, 0.3) is 10.2 Å². The van der Waals surface area contributed by atoms with Gasteiger partial charge < -0.3 is 9.80 Å². The van der Waals surface area contributed by atoms with Gasteiger partial charge in [0.05, 0.1) is 41.3 Å². The van der Waals surface area contributed by atoms with Crippen LogP contribution >= 0.6 is 11.3 Å². The van der Waals surface area contributed by atoms with Gasteiger partial charge in [0.15, 0.2) is 0 Å². The van der Waals surface area contributed by atoms with Crippen LogP contribution < -0.4 is 4.90 Å². The Morgan fingerprint density at radius 1 is 1.15 bits per heavy atom. The minimum atomic E-state index is -0.460. The second-order valence-corrected chi connectivity index (χ2v) is 7.71. The summed E-state index contributed by atoms with van der Waals surface area (Å²) in [7, 11) is 0. The van der Waals surface area contributed by atoms with E-state index in [4.69, 9.17) is 4.98 Å². The van der Waals surface area contributed by atoms with Crippen LogP contribution in [0.15, 0.2) is 48.5 Å². The molecule has 0 radical (unpaired) electrons. The van der Waals surface area contributed by atoms with Crippen molar-refractivity contribution in [3.05, 3.63) is 69.2 Å². The molecule has 0 atom stereocenters. The predicted molar refractivity (Wildman–Crippen MR) is 103 cm³/mol. The van der Waals surface area contributed by atoms with Gasteiger partial charge in [-0.1, -0.05) is 12.1 Å². The Kier molecular flexibility index (Phi) is 4.83. The predicted octanol–water partition coefficient (Wildman–Crippen LogP) is 1.75. The Bertz CT molecular complexity index is 945. The fourth-order valence-corrected chi connectivity index (χ4v) is 4.36. The smallest absolute Gasteiger partial charge is 0.269 e. The Labute approximate surface area is 160 Å². The molecule has 0 spiro atoms. The average Bonchev–Trinajstić information content (AvgIpc) is 3.10. The topological polar surface area (TPSA) is 80.8 Å². The third-order valence-corrected chi connectivity index (χ3v) is 5.86. The number of amides is 1. The van der Waals surface area contributed by atoms with Crippen LogP contribution in [0.4, 0.5) is 5.69 Å². The van der Waals surface area contributed by atoms with Crippen molar-refractivity contribution in [1.82, 2.24) is 9.88 Å². The quantitative estimate of drug-likeness (QED) is 0.550. The molecule has 1 saturated heterocycles. The molecule has 27 heavy (non-hydrogen) atoms. The monoisotopic (exact) mass is 383 g/mol. The average molecular weight is 383 g/mol. The van der Waals surface area contributed by atoms with E-state index >= 15 is 0 Å². The lowest BCUT2D eigenvalue weighted by Gasteiger charge is -2.31. The number of fused-ring (bicyclic) bond motifs is 1. The maximum Gasteiger partial charge on any atom is 0.269 e. The van der Waals surface area contributed by atoms with E-state index in [-0.39, 0.29) is 11.6 Å². The van der Waals surface area contributed by atoms with Gasteiger partial charge in [0.1, 0.15) is 11.6 Å². The first-order valence-corrected chi connectivity index (χ1v) is 9.63. The Morgan fingerprint density at radius 2 is 1.85 bits per heavy atom. The zero-order valence-electron chi connectivity index (χ0n) is 14.6. The third kappa shape index (κ3) is 3.81. The van der Waals surface area contributed by atoms with Crippen molar-refractivity contribution in [2.45, 2.75) is 6.54 Å². The Balaban J connectivity index is 1.35. The number of thiazole rings is 1. The van der Waals surface area contributed by atoms with Gasteiger partial charge in [-0.05, 0) is 24.3 Å². The minimum absolute atomic E-state index is 0.00310. The van der Waals surface area contributed by atoms with E-state index in [1.165, 1.54) is 33.9 Å². The highest BCUT2D eigenvalue weighted by Gasteiger charge is 2.25. The maximum atomic E-state index is 12.6. The lowest BCUT2D eigenvalue weighted by atomic mass is 10.1. The van der Waals surface area contributed by atoms with Crippen molar-refractivity contribution >= 4 is 33.1 Å². The molecule has 1 fully saturated rings. The molecule has 138 valence electrons. The molecule has 0 bridgehead atoms. The minimum Gasteiger partial charge on any atom is -0.327 e. The van der Waals surface area contributed by atoms with Gasteiger partial charge in [0.25, 0.3) is 11.6 Å². The van der Waals surface area contributed by atoms with E-state index in [9.17, 15) is 14.9 Å². The summed E-state index contributed by atoms with van der Waals surface area (Å²) in [5.74, 6) is -0.0658. The van der Waals surface area contributed by atoms with E-state index in [1.807, 2.05) is 23.1 Å². The first kappa shape index (κ1) is 17.6. The fourth-order valence-electron chi connectivity index (χ4n) is 3.32. The number of hydrogen-bond donors (Lipinski definition) is 1. The maximum absolute atomic E-state index is 12.6. The molecule has 1 aliphatic heterocycles. The summed E-state index contributed by atoms with van der Waals surface area (Å²) in [5, 5.41) is 11.9. The molecule has 1 N–H and O–H groups in total. The molecule has 3 aromatic rings. The normalized spacial score (nSPS) is 15.2. The number of non-ortho nitro benzene ring substituents is 1. The van der Waals surface area contributed by atoms with Crippen molar-refractivity contribution in [3.63, 3.8) is 0 Å². The fraction of sp³-hybridized carbons (Fsp3) is 0.263. The molecule has 0 saturated carbocycles. The van der Waals surface area contributed by atoms with Crippen LogP contribution in [-0.4, -0.2) is 46.9 Å². The van der Waals surface area contributed by atoms with Crippen molar-refractivity contribution < 1.29 is 14.6 Å². The summed E-state index contributed by atoms with van der Waals surface area (Å²) in [6, 6.07) is 14.0. The number of piperazine rings is 1. The van der Waals surface area contributed by atoms with Crippen LogP contribution in [0.3, 0.4) is 0 Å². The summed E-state index contributed by atoms with van der Waals surface area (Å²) < 4.78 is 1.21. The summed E-state index contributed by atoms with van der Waals surface area (Å²) in [6.45, 7) is 3.97. The van der Waals surface area contributed by atoms with Crippen LogP contribution in [0.5, 0.6) is 0 Å². The number of benzene rings is 2. The number of carbonyl (C=O) groups excluding carboxylic acids is 1. The second kappa shape index (κ2) is 7.42. The number of nitrogens with one attached hydrogen (secondary N) is 1. The summed E-state index contributed by atoms with van der Waals surface area (Å²) >= 11 is 1.73. The van der Waals surface area contributed by atoms with Crippen LogP contribution in [0, 0.1) is 10.1 Å². The largest absolute Gasteiger partial charge is 0.327 e. The van der Waals surface area contributed by atoms with Gasteiger partial charge in [-0.25, -0.2) is 4.98 Å². The van der Waals surface area contributed by atoms with Crippen molar-refractivity contribution in [1.29, 1.82) is 0 Å². The van der Waals surface area contributed by atoms with Crippen molar-refractivity contribution in [3.8, 4) is 0 Å². The van der Waals surface area contributed by atoms with E-state index in [2.05, 4.69) is 6.07 Å². The highest BCUT2D eigenvalue weighted by atomic mass is 32.1. The number of nitro benzene ring substituents is 1. The van der Waals surface area contributed by atoms with E-state index in [1.54, 1.807) is 11.3 Å². The third-order valence-electron chi connectivity index (χ3n) is 4.82. The molecule has 0 aliphatic carbocycles. The number of aromatic nitrogens is 1. The molecule has 2 heterocycles. The molecule has 4 rings (SSSR count). The highest BCUT2D eigenvalue weighted by molar-refractivity contribution is 7.18. The van der Waals surface area contributed by atoms with Gasteiger partial charge in [-0.15, -0.1) is 11.3 Å². The van der Waals surface area contributed by atoms with Crippen molar-refractivity contribution in [2.75, 3.05) is 26.2 Å². The van der Waals surface area contributed by atoms with Crippen molar-refractivity contribution in [2.24, 2.45) is 0 Å². The van der Waals surface area contributed by atoms with Gasteiger partial charge >= 0.3 is 0 Å². The lowest BCUT2D eigenvalue weighted by Crippen LogP contribution is -3.13. The molecule has 1 aromatic heterocycles. The van der Waals surface area contributed by atoms with Crippen LogP contribution in [-0.2, 0) is 6.54 Å². The molecular weight excluding hydrogens is 364 g/mol. The molecule has 2 aromatic carbocycles. The highest BCUT2D eigenvalue weighted by Crippen LogP contribution is 2.20. The van der Waals surface area contributed by atoms with Gasteiger partial charge in [-0.2, -0.15) is 0 Å². The van der Waals surface area contributed by atoms with Crippen LogP contribution in [0.1, 0.15) is 15.4 Å². The number of para-hydroxylation sites is 1. The molecular formula is C19H19N4O3S+. The number of rotatable bonds is 4. The zero-order valence-corrected chi connectivity index (χ0v) is 15.4. The van der Waals surface area contributed by atoms with E-state index < -0.39 is 4.92 Å². The first-order chi connectivity index (χ1) is 13.1. The van der Waals surface area contributed by atoms with Gasteiger partial charge in [-0.3, -0.25) is 14.9 Å². The molecule has 0 unspecified atom stereocenters. The SMILES string of the molecule is O=C(c1ccc([N+](=O)[O-])cc1)N1CC[NH+](Cc2nc3ccccc3s2)CC1. The molecule has 1 amide bonds. The summed E-state index contributed by atoms with van der Waals surface area (Å²) in [4.78, 5) is 30.8. The van der Waals surface area contributed by atoms with E-state index in [0.717, 1.165) is 30.2 Å². The first-order valence-electron chi connectivity index (χ1n) is 8.82. The van der Waals surface area contributed by atoms with Gasteiger partial charge in [0, 0.05) is 17.7 Å². The number of nitro groups is 1. The molecule has 1 aliphatic rings. The van der Waals surface area contributed by atoms with Gasteiger partial charge in [0.2, 0.25) is 0 Å². The molecule has 7 nitrogen and oxygen atoms in total. The Hall–Kier alpha value is -2.84.